The van der Waals surface area contributed by atoms with Crippen LogP contribution >= 0.6 is 11.6 Å². The molecule has 0 bridgehead atoms. The standard InChI is InChI=1S/C16H12ClF4NO3S/c1-22(9-12-13(17)3-2-4-14(12)18)15(23)10-5-7-11(8-6-10)26(24,25)16(19,20)21/h2-8H,9H2,1H3. The number of nitrogens with zero attached hydrogens (tertiary/aromatic N) is 1. The van der Waals surface area contributed by atoms with E-state index in [-0.39, 0.29) is 22.7 Å². The molecule has 0 aliphatic heterocycles. The molecule has 0 saturated carbocycles. The predicted octanol–water partition coefficient (Wildman–Crippen LogP) is 4.04. The Balaban J connectivity index is 2.23. The largest absolute Gasteiger partial charge is 0.501 e. The molecule has 0 aliphatic carbocycles. The Kier molecular flexibility index (Phi) is 5.62. The number of carbonyl (C=O) groups excluding carboxylic acids is 1. The third-order valence-corrected chi connectivity index (χ3v) is 5.38. The average Bonchev–Trinajstić information content (AvgIpc) is 2.56. The molecule has 0 N–H and O–H groups in total. The maximum Gasteiger partial charge on any atom is 0.501 e. The first-order valence-corrected chi connectivity index (χ1v) is 8.91. The molecular weight excluding hydrogens is 398 g/mol. The second-order valence-corrected chi connectivity index (χ2v) is 7.68. The van der Waals surface area contributed by atoms with Gasteiger partial charge in [-0.25, -0.2) is 12.8 Å². The van der Waals surface area contributed by atoms with E-state index in [0.717, 1.165) is 17.0 Å². The summed E-state index contributed by atoms with van der Waals surface area (Å²) in [5.41, 5.74) is -5.40. The lowest BCUT2D eigenvalue weighted by Gasteiger charge is -2.18. The van der Waals surface area contributed by atoms with Crippen LogP contribution in [0, 0.1) is 5.82 Å². The van der Waals surface area contributed by atoms with E-state index in [1.165, 1.54) is 25.2 Å². The average molecular weight is 410 g/mol. The van der Waals surface area contributed by atoms with Crippen molar-refractivity contribution in [2.24, 2.45) is 0 Å². The summed E-state index contributed by atoms with van der Waals surface area (Å²) >= 11 is 5.89. The van der Waals surface area contributed by atoms with Gasteiger partial charge in [-0.1, -0.05) is 17.7 Å². The molecule has 1 amide bonds. The Morgan fingerprint density at radius 2 is 1.69 bits per heavy atom. The molecule has 0 spiro atoms. The summed E-state index contributed by atoms with van der Waals surface area (Å²) in [5.74, 6) is -1.25. The van der Waals surface area contributed by atoms with Crippen molar-refractivity contribution in [2.45, 2.75) is 16.9 Å². The summed E-state index contributed by atoms with van der Waals surface area (Å²) < 4.78 is 73.9. The normalized spacial score (nSPS) is 12.1. The van der Waals surface area contributed by atoms with E-state index in [4.69, 9.17) is 11.6 Å². The van der Waals surface area contributed by atoms with Gasteiger partial charge in [-0.3, -0.25) is 4.79 Å². The molecule has 2 aromatic rings. The third-order valence-electron chi connectivity index (χ3n) is 3.52. The Morgan fingerprint density at radius 3 is 2.19 bits per heavy atom. The minimum absolute atomic E-state index is 0.0545. The monoisotopic (exact) mass is 409 g/mol. The van der Waals surface area contributed by atoms with Crippen LogP contribution in [0.4, 0.5) is 17.6 Å². The van der Waals surface area contributed by atoms with E-state index < -0.39 is 32.0 Å². The fraction of sp³-hybridized carbons (Fsp3) is 0.188. The topological polar surface area (TPSA) is 54.5 Å². The van der Waals surface area contributed by atoms with Crippen LogP contribution in [0.15, 0.2) is 47.4 Å². The SMILES string of the molecule is CN(Cc1c(F)cccc1Cl)C(=O)c1ccc(S(=O)(=O)C(F)(F)F)cc1. The third kappa shape index (κ3) is 3.99. The van der Waals surface area contributed by atoms with E-state index >= 15 is 0 Å². The van der Waals surface area contributed by atoms with Crippen LogP contribution in [0.25, 0.3) is 0 Å². The van der Waals surface area contributed by atoms with Gasteiger partial charge in [0, 0.05) is 29.7 Å². The van der Waals surface area contributed by atoms with Crippen LogP contribution in [0.2, 0.25) is 5.02 Å². The Morgan fingerprint density at radius 1 is 1.12 bits per heavy atom. The van der Waals surface area contributed by atoms with Gasteiger partial charge in [0.05, 0.1) is 4.90 Å². The zero-order valence-electron chi connectivity index (χ0n) is 13.2. The van der Waals surface area contributed by atoms with Gasteiger partial charge in [-0.05, 0) is 36.4 Å². The molecule has 140 valence electrons. The van der Waals surface area contributed by atoms with Crippen molar-refractivity contribution in [2.75, 3.05) is 7.05 Å². The van der Waals surface area contributed by atoms with Crippen LogP contribution in [0.1, 0.15) is 15.9 Å². The van der Waals surface area contributed by atoms with Gasteiger partial charge in [0.2, 0.25) is 0 Å². The number of halogens is 5. The first-order valence-electron chi connectivity index (χ1n) is 7.05. The molecule has 0 unspecified atom stereocenters. The predicted molar refractivity (Wildman–Crippen MR) is 86.9 cm³/mol. The van der Waals surface area contributed by atoms with E-state index in [0.29, 0.717) is 12.1 Å². The number of hydrogen-bond acceptors (Lipinski definition) is 3. The second-order valence-electron chi connectivity index (χ2n) is 5.33. The highest BCUT2D eigenvalue weighted by atomic mass is 35.5. The van der Waals surface area contributed by atoms with Crippen molar-refractivity contribution in [1.82, 2.24) is 4.90 Å². The molecule has 0 radical (unpaired) electrons. The molecule has 0 fully saturated rings. The minimum Gasteiger partial charge on any atom is -0.337 e. The molecule has 2 aromatic carbocycles. The van der Waals surface area contributed by atoms with E-state index in [2.05, 4.69) is 0 Å². The summed E-state index contributed by atoms with van der Waals surface area (Å²) in [6, 6.07) is 7.34. The van der Waals surface area contributed by atoms with Gasteiger partial charge < -0.3 is 4.90 Å². The number of amides is 1. The van der Waals surface area contributed by atoms with Crippen molar-refractivity contribution in [3.05, 3.63) is 64.4 Å². The summed E-state index contributed by atoms with van der Waals surface area (Å²) in [7, 11) is -4.14. The van der Waals surface area contributed by atoms with Crippen molar-refractivity contribution in [3.8, 4) is 0 Å². The fourth-order valence-corrected chi connectivity index (χ4v) is 3.11. The van der Waals surface area contributed by atoms with Crippen molar-refractivity contribution < 1.29 is 30.8 Å². The van der Waals surface area contributed by atoms with E-state index in [1.54, 1.807) is 0 Å². The number of alkyl halides is 3. The lowest BCUT2D eigenvalue weighted by atomic mass is 10.1. The lowest BCUT2D eigenvalue weighted by molar-refractivity contribution is -0.0436. The fourth-order valence-electron chi connectivity index (χ4n) is 2.12. The first-order chi connectivity index (χ1) is 11.9. The summed E-state index contributed by atoms with van der Waals surface area (Å²) in [6.45, 7) is -0.174. The number of carbonyl (C=O) groups is 1. The molecule has 4 nitrogen and oxygen atoms in total. The van der Waals surface area contributed by atoms with E-state index in [9.17, 15) is 30.8 Å². The van der Waals surface area contributed by atoms with Crippen LogP contribution in [0.5, 0.6) is 0 Å². The van der Waals surface area contributed by atoms with Crippen molar-refractivity contribution >= 4 is 27.3 Å². The highest BCUT2D eigenvalue weighted by Crippen LogP contribution is 2.30. The quantitative estimate of drug-likeness (QED) is 0.716. The van der Waals surface area contributed by atoms with Crippen LogP contribution < -0.4 is 0 Å². The molecule has 0 aromatic heterocycles. The summed E-state index contributed by atoms with van der Waals surface area (Å²) in [5, 5.41) is 0.122. The molecule has 0 saturated heterocycles. The zero-order valence-corrected chi connectivity index (χ0v) is 14.8. The molecular formula is C16H12ClF4NO3S. The van der Waals surface area contributed by atoms with Crippen LogP contribution in [-0.4, -0.2) is 31.8 Å². The highest BCUT2D eigenvalue weighted by Gasteiger charge is 2.46. The maximum absolute atomic E-state index is 13.8. The number of hydrogen-bond donors (Lipinski definition) is 0. The molecule has 10 heteroatoms. The maximum atomic E-state index is 13.8. The summed E-state index contributed by atoms with van der Waals surface area (Å²) in [6.07, 6.45) is 0. The lowest BCUT2D eigenvalue weighted by Crippen LogP contribution is -2.27. The van der Waals surface area contributed by atoms with Gasteiger partial charge in [0.15, 0.2) is 0 Å². The van der Waals surface area contributed by atoms with Gasteiger partial charge >= 0.3 is 5.51 Å². The van der Waals surface area contributed by atoms with Crippen molar-refractivity contribution in [1.29, 1.82) is 0 Å². The molecule has 2 rings (SSSR count). The van der Waals surface area contributed by atoms with Gasteiger partial charge in [-0.2, -0.15) is 13.2 Å². The van der Waals surface area contributed by atoms with Gasteiger partial charge in [-0.15, -0.1) is 0 Å². The Hall–Kier alpha value is -2.13. The number of sulfone groups is 1. The number of rotatable bonds is 4. The Labute approximate surface area is 151 Å². The first kappa shape index (κ1) is 20.2. The molecule has 26 heavy (non-hydrogen) atoms. The smallest absolute Gasteiger partial charge is 0.337 e. The summed E-state index contributed by atoms with van der Waals surface area (Å²) in [4.78, 5) is 12.5. The van der Waals surface area contributed by atoms with Crippen molar-refractivity contribution in [3.63, 3.8) is 0 Å². The minimum atomic E-state index is -5.49. The Bertz CT molecular complexity index is 907. The highest BCUT2D eigenvalue weighted by molar-refractivity contribution is 7.92. The van der Waals surface area contributed by atoms with Crippen LogP contribution in [0.3, 0.4) is 0 Å². The number of benzene rings is 2. The molecule has 0 heterocycles. The van der Waals surface area contributed by atoms with Gasteiger partial charge in [0.1, 0.15) is 5.82 Å². The molecule has 0 atom stereocenters. The molecule has 0 aliphatic rings. The zero-order chi connectivity index (χ0) is 19.7. The van der Waals surface area contributed by atoms with Crippen LogP contribution in [-0.2, 0) is 16.4 Å². The second kappa shape index (κ2) is 7.24. The van der Waals surface area contributed by atoms with E-state index in [1.807, 2.05) is 0 Å². The van der Waals surface area contributed by atoms with Gasteiger partial charge in [0.25, 0.3) is 15.7 Å².